The Kier molecular flexibility index (Phi) is 4.23. The molecule has 110 valence electrons. The fraction of sp³-hybridized carbons (Fsp3) is 0.143. The number of aryl methyl sites for hydroxylation is 1. The van der Waals surface area contributed by atoms with E-state index < -0.39 is 17.7 Å². The number of halogens is 1. The minimum Gasteiger partial charge on any atom is -0.465 e. The third-order valence-corrected chi connectivity index (χ3v) is 3.92. The number of hydrogen-bond donors (Lipinski definition) is 2. The van der Waals surface area contributed by atoms with Gasteiger partial charge in [-0.2, -0.15) is 0 Å². The molecule has 0 unspecified atom stereocenters. The molecule has 0 saturated carbocycles. The Hall–Kier alpha value is -2.41. The Morgan fingerprint density at radius 3 is 2.76 bits per heavy atom. The molecular weight excluding hydrogens is 295 g/mol. The highest BCUT2D eigenvalue weighted by Crippen LogP contribution is 2.29. The van der Waals surface area contributed by atoms with E-state index in [1.54, 1.807) is 12.3 Å². The lowest BCUT2D eigenvalue weighted by molar-refractivity contribution is 0.0607. The molecule has 0 spiro atoms. The third-order valence-electron chi connectivity index (χ3n) is 2.84. The number of carbonyl (C=O) groups excluding carboxylic acids is 2. The summed E-state index contributed by atoms with van der Waals surface area (Å²) in [6, 6.07) is 3.53. The summed E-state index contributed by atoms with van der Waals surface area (Å²) in [5, 5.41) is 4.30. The van der Waals surface area contributed by atoms with Gasteiger partial charge in [-0.05, 0) is 36.1 Å². The predicted molar refractivity (Wildman–Crippen MR) is 79.2 cm³/mol. The molecule has 2 rings (SSSR count). The monoisotopic (exact) mass is 308 g/mol. The van der Waals surface area contributed by atoms with Crippen LogP contribution in [0.25, 0.3) is 0 Å². The summed E-state index contributed by atoms with van der Waals surface area (Å²) in [5.74, 6) is -1.70. The Bertz CT molecular complexity index is 712. The molecule has 21 heavy (non-hydrogen) atoms. The number of nitrogen functional groups attached to an aromatic ring is 1. The SMILES string of the molecule is COC(=O)c1scc(C)c1NC(=O)c1cc(F)ccc1N. The van der Waals surface area contributed by atoms with Crippen molar-refractivity contribution in [1.82, 2.24) is 0 Å². The number of nitrogens with one attached hydrogen (secondary N) is 1. The second kappa shape index (κ2) is 5.92. The van der Waals surface area contributed by atoms with Gasteiger partial charge in [0.25, 0.3) is 5.91 Å². The first-order chi connectivity index (χ1) is 9.93. The van der Waals surface area contributed by atoms with Gasteiger partial charge in [0.2, 0.25) is 0 Å². The molecule has 3 N–H and O–H groups in total. The summed E-state index contributed by atoms with van der Waals surface area (Å²) in [4.78, 5) is 24.1. The van der Waals surface area contributed by atoms with Crippen LogP contribution in [0.5, 0.6) is 0 Å². The molecule has 7 heteroatoms. The van der Waals surface area contributed by atoms with Crippen molar-refractivity contribution in [2.24, 2.45) is 0 Å². The average Bonchev–Trinajstić information content (AvgIpc) is 2.82. The largest absolute Gasteiger partial charge is 0.465 e. The maximum absolute atomic E-state index is 13.2. The second-order valence-electron chi connectivity index (χ2n) is 4.30. The molecule has 0 radical (unpaired) electrons. The summed E-state index contributed by atoms with van der Waals surface area (Å²) in [7, 11) is 1.26. The van der Waals surface area contributed by atoms with E-state index >= 15 is 0 Å². The van der Waals surface area contributed by atoms with Crippen LogP contribution in [-0.2, 0) is 4.74 Å². The van der Waals surface area contributed by atoms with Gasteiger partial charge in [-0.15, -0.1) is 11.3 Å². The first-order valence-corrected chi connectivity index (χ1v) is 6.84. The quantitative estimate of drug-likeness (QED) is 0.675. The minimum absolute atomic E-state index is 0.0106. The van der Waals surface area contributed by atoms with Crippen molar-refractivity contribution in [2.45, 2.75) is 6.92 Å². The van der Waals surface area contributed by atoms with Crippen molar-refractivity contribution in [1.29, 1.82) is 0 Å². The predicted octanol–water partition coefficient (Wildman–Crippen LogP) is 2.82. The van der Waals surface area contributed by atoms with Gasteiger partial charge in [-0.25, -0.2) is 9.18 Å². The molecular formula is C14H13FN2O3S. The zero-order valence-corrected chi connectivity index (χ0v) is 12.2. The van der Waals surface area contributed by atoms with E-state index in [2.05, 4.69) is 10.1 Å². The van der Waals surface area contributed by atoms with E-state index in [1.807, 2.05) is 0 Å². The number of nitrogens with two attached hydrogens (primary N) is 1. The van der Waals surface area contributed by atoms with Crippen LogP contribution in [0.4, 0.5) is 15.8 Å². The van der Waals surface area contributed by atoms with E-state index in [4.69, 9.17) is 5.73 Å². The van der Waals surface area contributed by atoms with Crippen LogP contribution in [0.2, 0.25) is 0 Å². The standard InChI is InChI=1S/C14H13FN2O3S/c1-7-6-21-12(14(19)20-2)11(7)17-13(18)9-5-8(15)3-4-10(9)16/h3-6H,16H2,1-2H3,(H,17,18). The number of rotatable bonds is 3. The fourth-order valence-electron chi connectivity index (χ4n) is 1.75. The van der Waals surface area contributed by atoms with Gasteiger partial charge in [0.1, 0.15) is 10.7 Å². The maximum atomic E-state index is 13.2. The van der Waals surface area contributed by atoms with Gasteiger partial charge >= 0.3 is 5.97 Å². The van der Waals surface area contributed by atoms with Crippen LogP contribution in [0.1, 0.15) is 25.6 Å². The van der Waals surface area contributed by atoms with Crippen molar-refractivity contribution in [3.05, 3.63) is 45.4 Å². The van der Waals surface area contributed by atoms with Gasteiger partial charge < -0.3 is 15.8 Å². The van der Waals surface area contributed by atoms with Gasteiger partial charge in [0.05, 0.1) is 18.4 Å². The normalized spacial score (nSPS) is 10.2. The lowest BCUT2D eigenvalue weighted by atomic mass is 10.1. The van der Waals surface area contributed by atoms with E-state index in [-0.39, 0.29) is 16.1 Å². The Morgan fingerprint density at radius 2 is 2.10 bits per heavy atom. The molecule has 0 aliphatic rings. The van der Waals surface area contributed by atoms with Gasteiger partial charge in [-0.3, -0.25) is 4.79 Å². The lowest BCUT2D eigenvalue weighted by Crippen LogP contribution is -2.16. The van der Waals surface area contributed by atoms with Gasteiger partial charge in [-0.1, -0.05) is 0 Å². The van der Waals surface area contributed by atoms with E-state index in [1.165, 1.54) is 19.2 Å². The van der Waals surface area contributed by atoms with E-state index in [0.29, 0.717) is 11.3 Å². The molecule has 0 aliphatic carbocycles. The van der Waals surface area contributed by atoms with Crippen molar-refractivity contribution in [3.63, 3.8) is 0 Å². The topological polar surface area (TPSA) is 81.4 Å². The molecule has 2 aromatic rings. The number of anilines is 2. The van der Waals surface area contributed by atoms with Crippen LogP contribution in [-0.4, -0.2) is 19.0 Å². The van der Waals surface area contributed by atoms with Crippen LogP contribution in [0.3, 0.4) is 0 Å². The second-order valence-corrected chi connectivity index (χ2v) is 5.18. The highest BCUT2D eigenvalue weighted by molar-refractivity contribution is 7.12. The molecule has 0 aliphatic heterocycles. The Balaban J connectivity index is 2.34. The number of benzene rings is 1. The highest BCUT2D eigenvalue weighted by atomic mass is 32.1. The van der Waals surface area contributed by atoms with Crippen molar-refractivity contribution in [2.75, 3.05) is 18.2 Å². The molecule has 1 aromatic heterocycles. The molecule has 1 heterocycles. The third kappa shape index (κ3) is 3.03. The molecule has 0 fully saturated rings. The minimum atomic E-state index is -0.585. The van der Waals surface area contributed by atoms with Crippen LogP contribution >= 0.6 is 11.3 Å². The van der Waals surface area contributed by atoms with Crippen molar-refractivity contribution in [3.8, 4) is 0 Å². The average molecular weight is 308 g/mol. The number of thiophene rings is 1. The number of methoxy groups -OCH3 is 1. The number of esters is 1. The number of amides is 1. The first-order valence-electron chi connectivity index (χ1n) is 5.96. The fourth-order valence-corrected chi connectivity index (χ4v) is 2.67. The van der Waals surface area contributed by atoms with Crippen LogP contribution in [0.15, 0.2) is 23.6 Å². The molecule has 1 amide bonds. The van der Waals surface area contributed by atoms with Crippen molar-refractivity contribution < 1.29 is 18.7 Å². The van der Waals surface area contributed by atoms with E-state index in [0.717, 1.165) is 17.4 Å². The summed E-state index contributed by atoms with van der Waals surface area (Å²) < 4.78 is 17.9. The Labute approximate surface area is 124 Å². The Morgan fingerprint density at radius 1 is 1.38 bits per heavy atom. The van der Waals surface area contributed by atoms with Gasteiger partial charge in [0, 0.05) is 5.69 Å². The highest BCUT2D eigenvalue weighted by Gasteiger charge is 2.20. The summed E-state index contributed by atoms with van der Waals surface area (Å²) in [5.41, 5.74) is 6.89. The maximum Gasteiger partial charge on any atom is 0.350 e. The number of carbonyl (C=O) groups is 2. The van der Waals surface area contributed by atoms with Crippen LogP contribution < -0.4 is 11.1 Å². The molecule has 5 nitrogen and oxygen atoms in total. The van der Waals surface area contributed by atoms with Gasteiger partial charge in [0.15, 0.2) is 0 Å². The summed E-state index contributed by atoms with van der Waals surface area (Å²) in [6.07, 6.45) is 0. The number of ether oxygens (including phenoxy) is 1. The molecule has 0 atom stereocenters. The molecule has 0 bridgehead atoms. The number of hydrogen-bond acceptors (Lipinski definition) is 5. The summed E-state index contributed by atoms with van der Waals surface area (Å²) >= 11 is 1.16. The first kappa shape index (κ1) is 15.0. The zero-order chi connectivity index (χ0) is 15.6. The lowest BCUT2D eigenvalue weighted by Gasteiger charge is -2.09. The summed E-state index contributed by atoms with van der Waals surface area (Å²) in [6.45, 7) is 1.74. The van der Waals surface area contributed by atoms with Crippen LogP contribution in [0, 0.1) is 12.7 Å². The molecule has 0 saturated heterocycles. The zero-order valence-electron chi connectivity index (χ0n) is 11.4. The molecule has 1 aromatic carbocycles. The smallest absolute Gasteiger partial charge is 0.350 e. The van der Waals surface area contributed by atoms with Crippen molar-refractivity contribution >= 4 is 34.6 Å². The van der Waals surface area contributed by atoms with E-state index in [9.17, 15) is 14.0 Å².